The van der Waals surface area contributed by atoms with Crippen LogP contribution in [-0.2, 0) is 21.4 Å². The number of amides is 1. The van der Waals surface area contributed by atoms with E-state index in [2.05, 4.69) is 5.32 Å². The second-order valence-electron chi connectivity index (χ2n) is 7.45. The summed E-state index contributed by atoms with van der Waals surface area (Å²) in [5, 5.41) is 2.58. The van der Waals surface area contributed by atoms with Gasteiger partial charge in [0, 0.05) is 19.5 Å². The van der Waals surface area contributed by atoms with Crippen molar-refractivity contribution in [2.24, 2.45) is 0 Å². The first-order chi connectivity index (χ1) is 13.2. The van der Waals surface area contributed by atoms with E-state index < -0.39 is 28.1 Å². The van der Waals surface area contributed by atoms with Gasteiger partial charge in [-0.3, -0.25) is 4.79 Å². The van der Waals surface area contributed by atoms with Gasteiger partial charge < -0.3 is 5.32 Å². The summed E-state index contributed by atoms with van der Waals surface area (Å²) < 4.78 is 41.9. The number of hydrogen-bond donors (Lipinski definition) is 1. The van der Waals surface area contributed by atoms with Crippen LogP contribution in [0.1, 0.15) is 37.3 Å². The third-order valence-corrected chi connectivity index (χ3v) is 6.93. The van der Waals surface area contributed by atoms with Crippen molar-refractivity contribution < 1.29 is 17.6 Å². The average Bonchev–Trinajstić information content (AvgIpc) is 3.11. The van der Waals surface area contributed by atoms with Gasteiger partial charge >= 0.3 is 0 Å². The number of sulfonamides is 1. The van der Waals surface area contributed by atoms with Gasteiger partial charge in [-0.05, 0) is 29.2 Å². The second-order valence-corrected chi connectivity index (χ2v) is 9.38. The topological polar surface area (TPSA) is 66.5 Å². The zero-order valence-electron chi connectivity index (χ0n) is 16.1. The molecule has 1 heterocycles. The van der Waals surface area contributed by atoms with Crippen LogP contribution >= 0.6 is 0 Å². The molecule has 28 heavy (non-hydrogen) atoms. The number of hydrogen-bond acceptors (Lipinski definition) is 3. The fourth-order valence-corrected chi connectivity index (χ4v) is 4.72. The molecule has 5 nitrogen and oxygen atoms in total. The molecule has 1 aliphatic rings. The Morgan fingerprint density at radius 2 is 1.79 bits per heavy atom. The second kappa shape index (κ2) is 8.01. The quantitative estimate of drug-likeness (QED) is 0.804. The zero-order valence-corrected chi connectivity index (χ0v) is 16.9. The van der Waals surface area contributed by atoms with Crippen molar-refractivity contribution in [1.29, 1.82) is 0 Å². The van der Waals surface area contributed by atoms with Crippen molar-refractivity contribution in [1.82, 2.24) is 9.62 Å². The fraction of sp³-hybridized carbons (Fsp3) is 0.381. The molecule has 1 fully saturated rings. The highest BCUT2D eigenvalue weighted by atomic mass is 32.2. The fourth-order valence-electron chi connectivity index (χ4n) is 3.24. The van der Waals surface area contributed by atoms with Gasteiger partial charge in [0.15, 0.2) is 0 Å². The number of alkyl halides is 1. The van der Waals surface area contributed by atoms with Gasteiger partial charge in [0.25, 0.3) is 5.91 Å². The summed E-state index contributed by atoms with van der Waals surface area (Å²) in [6.07, 6.45) is -0.156. The van der Waals surface area contributed by atoms with E-state index in [0.29, 0.717) is 0 Å². The van der Waals surface area contributed by atoms with Gasteiger partial charge in [0.2, 0.25) is 15.7 Å². The number of carbonyl (C=O) groups is 1. The van der Waals surface area contributed by atoms with Crippen molar-refractivity contribution in [2.75, 3.05) is 13.1 Å². The first kappa shape index (κ1) is 20.5. The Morgan fingerprint density at radius 3 is 2.39 bits per heavy atom. The summed E-state index contributed by atoms with van der Waals surface area (Å²) in [5.74, 6) is -0.487. The number of nitrogens with one attached hydrogen (secondary N) is 1. The summed E-state index contributed by atoms with van der Waals surface area (Å²) in [4.78, 5) is 12.5. The normalized spacial score (nSPS) is 20.4. The van der Waals surface area contributed by atoms with Crippen molar-refractivity contribution >= 4 is 15.9 Å². The van der Waals surface area contributed by atoms with Gasteiger partial charge in [-0.1, -0.05) is 56.3 Å². The Bertz CT molecular complexity index is 930. The smallest absolute Gasteiger partial charge is 0.259 e. The standard InChI is InChI=1S/C21H25FN2O3S/c1-16(2)18-8-10-19(11-9-18)28(26,27)24-13-12-21(22,15-24)20(25)23-14-17-6-4-3-5-7-17/h3-11,16H,12-15H2,1-2H3,(H,23,25). The summed E-state index contributed by atoms with van der Waals surface area (Å²) in [6, 6.07) is 15.8. The van der Waals surface area contributed by atoms with Crippen LogP contribution in [0.4, 0.5) is 4.39 Å². The van der Waals surface area contributed by atoms with Crippen molar-refractivity contribution in [2.45, 2.75) is 43.3 Å². The molecule has 0 bridgehead atoms. The van der Waals surface area contributed by atoms with Gasteiger partial charge in [0.1, 0.15) is 0 Å². The molecule has 0 saturated carbocycles. The molecule has 0 spiro atoms. The summed E-state index contributed by atoms with van der Waals surface area (Å²) in [5.41, 5.74) is -0.340. The first-order valence-corrected chi connectivity index (χ1v) is 10.8. The number of nitrogens with zero attached hydrogens (tertiary/aromatic N) is 1. The Hall–Kier alpha value is -2.25. The summed E-state index contributed by atoms with van der Waals surface area (Å²) in [7, 11) is -3.84. The minimum Gasteiger partial charge on any atom is -0.349 e. The summed E-state index contributed by atoms with van der Waals surface area (Å²) >= 11 is 0. The van der Waals surface area contributed by atoms with Crippen LogP contribution in [0.3, 0.4) is 0 Å². The molecule has 150 valence electrons. The molecule has 7 heteroatoms. The molecule has 1 aliphatic heterocycles. The largest absolute Gasteiger partial charge is 0.349 e. The number of halogens is 1. The van der Waals surface area contributed by atoms with Crippen LogP contribution in [0.25, 0.3) is 0 Å². The maximum atomic E-state index is 15.2. The third-order valence-electron chi connectivity index (χ3n) is 5.07. The molecular formula is C21H25FN2O3S. The van der Waals surface area contributed by atoms with Crippen molar-refractivity contribution in [3.05, 3.63) is 65.7 Å². The highest BCUT2D eigenvalue weighted by Gasteiger charge is 2.48. The molecule has 2 aromatic carbocycles. The Kier molecular flexibility index (Phi) is 5.86. The van der Waals surface area contributed by atoms with Crippen LogP contribution in [0.2, 0.25) is 0 Å². The number of carbonyl (C=O) groups excluding carboxylic acids is 1. The molecule has 0 aliphatic carbocycles. The van der Waals surface area contributed by atoms with E-state index in [0.717, 1.165) is 15.4 Å². The Balaban J connectivity index is 1.68. The Labute approximate surface area is 165 Å². The highest BCUT2D eigenvalue weighted by Crippen LogP contribution is 2.31. The van der Waals surface area contributed by atoms with E-state index >= 15 is 4.39 Å². The SMILES string of the molecule is CC(C)c1ccc(S(=O)(=O)N2CCC(F)(C(=O)NCc3ccccc3)C2)cc1. The summed E-state index contributed by atoms with van der Waals surface area (Å²) in [6.45, 7) is 3.76. The van der Waals surface area contributed by atoms with Gasteiger partial charge in [0.05, 0.1) is 11.4 Å². The van der Waals surface area contributed by atoms with Gasteiger partial charge in [-0.2, -0.15) is 4.31 Å². The van der Waals surface area contributed by atoms with E-state index in [4.69, 9.17) is 0 Å². The van der Waals surface area contributed by atoms with Crippen molar-refractivity contribution in [3.8, 4) is 0 Å². The molecular weight excluding hydrogens is 379 g/mol. The maximum absolute atomic E-state index is 15.2. The molecule has 1 atom stereocenters. The lowest BCUT2D eigenvalue weighted by atomic mass is 10.0. The predicted octanol–water partition coefficient (Wildman–Crippen LogP) is 3.23. The monoisotopic (exact) mass is 404 g/mol. The Morgan fingerprint density at radius 1 is 1.14 bits per heavy atom. The van der Waals surface area contributed by atoms with Crippen LogP contribution in [-0.4, -0.2) is 37.4 Å². The van der Waals surface area contributed by atoms with Gasteiger partial charge in [-0.25, -0.2) is 12.8 Å². The molecule has 1 amide bonds. The molecule has 0 radical (unpaired) electrons. The van der Waals surface area contributed by atoms with Crippen molar-refractivity contribution in [3.63, 3.8) is 0 Å². The lowest BCUT2D eigenvalue weighted by molar-refractivity contribution is -0.132. The third kappa shape index (κ3) is 4.25. The zero-order chi connectivity index (χ0) is 20.4. The minimum atomic E-state index is -3.84. The van der Waals surface area contributed by atoms with Gasteiger partial charge in [-0.15, -0.1) is 0 Å². The van der Waals surface area contributed by atoms with E-state index in [1.807, 2.05) is 44.2 Å². The maximum Gasteiger partial charge on any atom is 0.259 e. The molecule has 2 aromatic rings. The molecule has 0 aromatic heterocycles. The van der Waals surface area contributed by atoms with E-state index in [1.165, 1.54) is 0 Å². The number of rotatable bonds is 6. The van der Waals surface area contributed by atoms with E-state index in [1.54, 1.807) is 24.3 Å². The van der Waals surface area contributed by atoms with Crippen LogP contribution < -0.4 is 5.32 Å². The predicted molar refractivity (Wildman–Crippen MR) is 106 cm³/mol. The molecule has 3 rings (SSSR count). The highest BCUT2D eigenvalue weighted by molar-refractivity contribution is 7.89. The lowest BCUT2D eigenvalue weighted by Gasteiger charge is -2.20. The number of benzene rings is 2. The lowest BCUT2D eigenvalue weighted by Crippen LogP contribution is -2.45. The molecule has 1 saturated heterocycles. The first-order valence-electron chi connectivity index (χ1n) is 9.34. The van der Waals surface area contributed by atoms with Crippen LogP contribution in [0, 0.1) is 0 Å². The molecule has 1 N–H and O–H groups in total. The minimum absolute atomic E-state index is 0.0243. The average molecular weight is 405 g/mol. The van der Waals surface area contributed by atoms with Crippen LogP contribution in [0.15, 0.2) is 59.5 Å². The van der Waals surface area contributed by atoms with E-state index in [9.17, 15) is 13.2 Å². The molecule has 1 unspecified atom stereocenters. The van der Waals surface area contributed by atoms with E-state index in [-0.39, 0.29) is 30.3 Å². The van der Waals surface area contributed by atoms with Crippen LogP contribution in [0.5, 0.6) is 0 Å².